The van der Waals surface area contributed by atoms with Crippen molar-refractivity contribution >= 4 is 38.6 Å². The molecular weight excluding hydrogens is 470 g/mol. The van der Waals surface area contributed by atoms with Crippen LogP contribution >= 0.6 is 22.9 Å². The lowest BCUT2D eigenvalue weighted by atomic mass is 10.1. The zero-order valence-corrected chi connectivity index (χ0v) is 20.2. The highest BCUT2D eigenvalue weighted by molar-refractivity contribution is 7.93. The summed E-state index contributed by atoms with van der Waals surface area (Å²) in [6.07, 6.45) is 0. The van der Waals surface area contributed by atoms with E-state index in [0.717, 1.165) is 21.0 Å². The zero-order chi connectivity index (χ0) is 23.0. The predicted molar refractivity (Wildman–Crippen MR) is 126 cm³/mol. The Morgan fingerprint density at radius 3 is 2.56 bits per heavy atom. The molecule has 0 atom stereocenters. The van der Waals surface area contributed by atoms with Gasteiger partial charge in [-0.2, -0.15) is 4.98 Å². The molecule has 4 rings (SSSR count). The van der Waals surface area contributed by atoms with E-state index >= 15 is 0 Å². The Morgan fingerprint density at radius 1 is 1.09 bits per heavy atom. The first kappa shape index (κ1) is 22.3. The van der Waals surface area contributed by atoms with Gasteiger partial charge in [-0.05, 0) is 60.7 Å². The van der Waals surface area contributed by atoms with Gasteiger partial charge in [0.15, 0.2) is 0 Å². The number of rotatable bonds is 6. The second kappa shape index (κ2) is 8.57. The molecule has 0 saturated carbocycles. The molecule has 7 nitrogen and oxygen atoms in total. The molecule has 10 heteroatoms. The van der Waals surface area contributed by atoms with E-state index in [9.17, 15) is 8.42 Å². The third kappa shape index (κ3) is 3.99. The summed E-state index contributed by atoms with van der Waals surface area (Å²) in [6.45, 7) is 4.03. The van der Waals surface area contributed by atoms with E-state index in [-0.39, 0.29) is 10.8 Å². The van der Waals surface area contributed by atoms with Crippen molar-refractivity contribution in [1.29, 1.82) is 0 Å². The smallest absolute Gasteiger partial charge is 0.269 e. The topological polar surface area (TPSA) is 85.5 Å². The maximum atomic E-state index is 13.4. The van der Waals surface area contributed by atoms with E-state index in [4.69, 9.17) is 20.9 Å². The van der Waals surface area contributed by atoms with Crippen molar-refractivity contribution in [3.05, 3.63) is 64.0 Å². The fourth-order valence-corrected chi connectivity index (χ4v) is 5.86. The van der Waals surface area contributed by atoms with Gasteiger partial charge in [-0.25, -0.2) is 8.42 Å². The van der Waals surface area contributed by atoms with Gasteiger partial charge < -0.3 is 9.26 Å². The lowest BCUT2D eigenvalue weighted by Gasteiger charge is -2.20. The number of hydrogen-bond acceptors (Lipinski definition) is 7. The summed E-state index contributed by atoms with van der Waals surface area (Å²) in [4.78, 5) is 4.90. The third-order valence-electron chi connectivity index (χ3n) is 5.15. The molecule has 0 spiro atoms. The third-order valence-corrected chi connectivity index (χ3v) is 8.31. The van der Waals surface area contributed by atoms with Crippen LogP contribution in [0.4, 0.5) is 5.69 Å². The maximum absolute atomic E-state index is 13.4. The van der Waals surface area contributed by atoms with Crippen LogP contribution in [0, 0.1) is 13.8 Å². The number of ether oxygens (including phenoxy) is 1. The summed E-state index contributed by atoms with van der Waals surface area (Å²) in [5.41, 5.74) is 3.46. The molecule has 2 aromatic heterocycles. The first-order valence-corrected chi connectivity index (χ1v) is 12.2. The van der Waals surface area contributed by atoms with Crippen LogP contribution in [0.25, 0.3) is 22.2 Å². The van der Waals surface area contributed by atoms with Crippen LogP contribution in [0.2, 0.25) is 5.02 Å². The molecule has 0 amide bonds. The fraction of sp³-hybridized carbons (Fsp3) is 0.182. The van der Waals surface area contributed by atoms with Crippen molar-refractivity contribution in [3.8, 4) is 27.9 Å². The van der Waals surface area contributed by atoms with Gasteiger partial charge in [0.1, 0.15) is 15.5 Å². The monoisotopic (exact) mass is 489 g/mol. The van der Waals surface area contributed by atoms with E-state index in [2.05, 4.69) is 10.1 Å². The first-order chi connectivity index (χ1) is 15.2. The number of thiophene rings is 1. The van der Waals surface area contributed by atoms with E-state index in [1.54, 1.807) is 17.5 Å². The molecule has 0 fully saturated rings. The van der Waals surface area contributed by atoms with Crippen LogP contribution in [0.1, 0.15) is 11.1 Å². The van der Waals surface area contributed by atoms with Crippen molar-refractivity contribution in [2.24, 2.45) is 0 Å². The summed E-state index contributed by atoms with van der Waals surface area (Å²) in [5, 5.41) is 6.04. The van der Waals surface area contributed by atoms with Gasteiger partial charge in [0.05, 0.1) is 17.8 Å². The Hall–Kier alpha value is -2.88. The van der Waals surface area contributed by atoms with E-state index in [1.807, 2.05) is 32.0 Å². The maximum Gasteiger partial charge on any atom is 0.269 e. The second-order valence-corrected chi connectivity index (χ2v) is 10.4. The summed E-state index contributed by atoms with van der Waals surface area (Å²) in [5.74, 6) is 1.00. The molecule has 0 saturated heterocycles. The molecule has 0 radical (unpaired) electrons. The van der Waals surface area contributed by atoms with Crippen molar-refractivity contribution in [1.82, 2.24) is 10.1 Å². The number of halogens is 1. The number of benzene rings is 2. The van der Waals surface area contributed by atoms with Crippen LogP contribution < -0.4 is 9.04 Å². The number of aromatic nitrogens is 2. The summed E-state index contributed by atoms with van der Waals surface area (Å²) < 4.78 is 38.5. The molecular formula is C22H20ClN3O4S2. The molecule has 0 aliphatic rings. The molecule has 0 aliphatic heterocycles. The number of aryl methyl sites for hydroxylation is 2. The molecule has 32 heavy (non-hydrogen) atoms. The number of nitrogens with zero attached hydrogens (tertiary/aromatic N) is 3. The minimum Gasteiger partial charge on any atom is -0.495 e. The SMILES string of the molecule is COc1ccc(N(C)S(=O)(=O)c2ccsc2-c2nc(-c3ccc(C)c(C)c3)no2)cc1Cl. The molecule has 0 unspecified atom stereocenters. The second-order valence-electron chi connectivity index (χ2n) is 7.13. The van der Waals surface area contributed by atoms with Gasteiger partial charge in [-0.3, -0.25) is 4.31 Å². The lowest BCUT2D eigenvalue weighted by Crippen LogP contribution is -2.26. The van der Waals surface area contributed by atoms with Crippen molar-refractivity contribution in [3.63, 3.8) is 0 Å². The van der Waals surface area contributed by atoms with Crippen LogP contribution in [-0.2, 0) is 10.0 Å². The quantitative estimate of drug-likeness (QED) is 0.352. The Labute approximate surface area is 195 Å². The molecule has 4 aromatic rings. The molecule has 0 N–H and O–H groups in total. The number of hydrogen-bond donors (Lipinski definition) is 0. The lowest BCUT2D eigenvalue weighted by molar-refractivity contribution is 0.415. The van der Waals surface area contributed by atoms with Crippen molar-refractivity contribution in [2.45, 2.75) is 18.7 Å². The average molecular weight is 490 g/mol. The predicted octanol–water partition coefficient (Wildman–Crippen LogP) is 5.57. The van der Waals surface area contributed by atoms with Crippen LogP contribution in [-0.4, -0.2) is 32.7 Å². The van der Waals surface area contributed by atoms with Crippen LogP contribution in [0.5, 0.6) is 5.75 Å². The normalized spacial score (nSPS) is 11.5. The van der Waals surface area contributed by atoms with Crippen LogP contribution in [0.3, 0.4) is 0 Å². The summed E-state index contributed by atoms with van der Waals surface area (Å²) in [6, 6.07) is 12.2. The summed E-state index contributed by atoms with van der Waals surface area (Å²) in [7, 11) is -0.958. The Bertz CT molecular complexity index is 1400. The average Bonchev–Trinajstić information content (AvgIpc) is 3.45. The highest BCUT2D eigenvalue weighted by Crippen LogP contribution is 2.37. The number of anilines is 1. The Morgan fingerprint density at radius 2 is 1.88 bits per heavy atom. The Balaban J connectivity index is 1.69. The fourth-order valence-electron chi connectivity index (χ4n) is 3.11. The van der Waals surface area contributed by atoms with Gasteiger partial charge in [0, 0.05) is 12.6 Å². The van der Waals surface area contributed by atoms with Gasteiger partial charge in [0.25, 0.3) is 15.9 Å². The minimum atomic E-state index is -3.92. The van der Waals surface area contributed by atoms with Crippen molar-refractivity contribution < 1.29 is 17.7 Å². The molecule has 2 aromatic carbocycles. The van der Waals surface area contributed by atoms with E-state index in [0.29, 0.717) is 27.2 Å². The minimum absolute atomic E-state index is 0.0761. The molecule has 0 bridgehead atoms. The van der Waals surface area contributed by atoms with Crippen molar-refractivity contribution in [2.75, 3.05) is 18.5 Å². The van der Waals surface area contributed by atoms with Gasteiger partial charge in [0.2, 0.25) is 5.82 Å². The summed E-state index contributed by atoms with van der Waals surface area (Å²) >= 11 is 7.40. The van der Waals surface area contributed by atoms with E-state index in [1.165, 1.54) is 37.6 Å². The highest BCUT2D eigenvalue weighted by Gasteiger charge is 2.29. The van der Waals surface area contributed by atoms with Gasteiger partial charge in [-0.1, -0.05) is 28.9 Å². The van der Waals surface area contributed by atoms with E-state index < -0.39 is 10.0 Å². The number of methoxy groups -OCH3 is 1. The van der Waals surface area contributed by atoms with Gasteiger partial charge in [-0.15, -0.1) is 11.3 Å². The zero-order valence-electron chi connectivity index (χ0n) is 17.8. The van der Waals surface area contributed by atoms with Gasteiger partial charge >= 0.3 is 0 Å². The Kier molecular flexibility index (Phi) is 5.98. The standard InChI is InChI=1S/C22H20ClN3O4S2/c1-13-5-6-15(11-14(13)2)21-24-22(30-25-21)20-19(9-10-31-20)32(27,28)26(3)16-7-8-18(29-4)17(23)12-16/h5-12H,1-4H3. The highest BCUT2D eigenvalue weighted by atomic mass is 35.5. The number of sulfonamides is 1. The molecule has 0 aliphatic carbocycles. The molecule has 166 valence electrons. The van der Waals surface area contributed by atoms with Crippen LogP contribution in [0.15, 0.2) is 57.3 Å². The molecule has 2 heterocycles. The largest absolute Gasteiger partial charge is 0.495 e. The first-order valence-electron chi connectivity index (χ1n) is 9.54.